The van der Waals surface area contributed by atoms with Gasteiger partial charge in [0.2, 0.25) is 5.91 Å². The highest BCUT2D eigenvalue weighted by molar-refractivity contribution is 5.81. The Morgan fingerprint density at radius 2 is 1.50 bits per heavy atom. The van der Waals surface area contributed by atoms with Gasteiger partial charge in [-0.05, 0) is 18.1 Å². The Bertz CT molecular complexity index is 743. The molecule has 0 bridgehead atoms. The van der Waals surface area contributed by atoms with Crippen molar-refractivity contribution >= 4 is 11.9 Å². The van der Waals surface area contributed by atoms with Gasteiger partial charge in [-0.25, -0.2) is 4.79 Å². The number of hydrogen-bond donors (Lipinski definition) is 1. The normalized spacial score (nSPS) is 16.0. The smallest absolute Gasteiger partial charge is 0.338 e. The molecule has 0 aliphatic carbocycles. The molecule has 1 heterocycles. The molecule has 0 saturated carbocycles. The summed E-state index contributed by atoms with van der Waals surface area (Å²) in [5, 5.41) is 10.5. The highest BCUT2D eigenvalue weighted by Gasteiger charge is 2.41. The zero-order valence-corrected chi connectivity index (χ0v) is 16.2. The van der Waals surface area contributed by atoms with Crippen molar-refractivity contribution in [1.29, 1.82) is 0 Å². The van der Waals surface area contributed by atoms with E-state index in [4.69, 9.17) is 4.74 Å². The van der Waals surface area contributed by atoms with Gasteiger partial charge in [0.15, 0.2) is 5.60 Å². The third-order valence-electron chi connectivity index (χ3n) is 5.38. The molecule has 28 heavy (non-hydrogen) atoms. The first kappa shape index (κ1) is 20.1. The molecule has 0 spiro atoms. The maximum absolute atomic E-state index is 13.0. The second kappa shape index (κ2) is 9.02. The number of carbonyl (C=O) groups excluding carboxylic acids is 2. The fraction of sp³-hybridized carbons (Fsp3) is 0.391. The quantitative estimate of drug-likeness (QED) is 0.781. The van der Waals surface area contributed by atoms with E-state index >= 15 is 0 Å². The number of amides is 1. The molecule has 148 valence electrons. The zero-order chi connectivity index (χ0) is 20.0. The molecule has 3 rings (SSSR count). The Balaban J connectivity index is 1.69. The number of carbonyl (C=O) groups is 2. The van der Waals surface area contributed by atoms with E-state index in [2.05, 4.69) is 0 Å². The predicted octanol–water partition coefficient (Wildman–Crippen LogP) is 3.13. The lowest BCUT2D eigenvalue weighted by Gasteiger charge is -2.37. The van der Waals surface area contributed by atoms with Gasteiger partial charge in [-0.15, -0.1) is 0 Å². The minimum Gasteiger partial charge on any atom is -0.464 e. The SMILES string of the molecule is CCOC(=O)C1(O)CCN(C(=O)CC(c2ccccc2)c2ccccc2)CC1. The first-order valence-corrected chi connectivity index (χ1v) is 9.81. The van der Waals surface area contributed by atoms with Crippen molar-refractivity contribution in [3.63, 3.8) is 0 Å². The Morgan fingerprint density at radius 1 is 1.00 bits per heavy atom. The number of esters is 1. The highest BCUT2D eigenvalue weighted by atomic mass is 16.5. The van der Waals surface area contributed by atoms with Crippen LogP contribution >= 0.6 is 0 Å². The zero-order valence-electron chi connectivity index (χ0n) is 16.2. The molecule has 0 radical (unpaired) electrons. The van der Waals surface area contributed by atoms with Gasteiger partial charge >= 0.3 is 5.97 Å². The molecule has 1 saturated heterocycles. The number of piperidine rings is 1. The van der Waals surface area contributed by atoms with Crippen molar-refractivity contribution in [1.82, 2.24) is 4.90 Å². The van der Waals surface area contributed by atoms with Gasteiger partial charge in [-0.1, -0.05) is 60.7 Å². The van der Waals surface area contributed by atoms with Crippen LogP contribution in [-0.4, -0.2) is 47.2 Å². The average Bonchev–Trinajstić information content (AvgIpc) is 2.74. The van der Waals surface area contributed by atoms with Crippen LogP contribution in [0.15, 0.2) is 60.7 Å². The van der Waals surface area contributed by atoms with Crippen LogP contribution in [0.5, 0.6) is 0 Å². The number of ether oxygens (including phenoxy) is 1. The van der Waals surface area contributed by atoms with Crippen molar-refractivity contribution < 1.29 is 19.4 Å². The monoisotopic (exact) mass is 381 g/mol. The maximum Gasteiger partial charge on any atom is 0.338 e. The topological polar surface area (TPSA) is 66.8 Å². The molecule has 5 heteroatoms. The van der Waals surface area contributed by atoms with Crippen molar-refractivity contribution in [2.45, 2.75) is 37.7 Å². The van der Waals surface area contributed by atoms with E-state index in [0.29, 0.717) is 19.5 Å². The van der Waals surface area contributed by atoms with Gasteiger partial charge in [0.25, 0.3) is 0 Å². The second-order valence-electron chi connectivity index (χ2n) is 7.21. The minimum atomic E-state index is -1.48. The molecular formula is C23H27NO4. The highest BCUT2D eigenvalue weighted by Crippen LogP contribution is 2.30. The van der Waals surface area contributed by atoms with Crippen molar-refractivity contribution in [3.8, 4) is 0 Å². The molecule has 1 aliphatic rings. The molecule has 1 aliphatic heterocycles. The maximum atomic E-state index is 13.0. The molecule has 0 unspecified atom stereocenters. The Morgan fingerprint density at radius 3 is 1.96 bits per heavy atom. The summed E-state index contributed by atoms with van der Waals surface area (Å²) < 4.78 is 4.97. The fourth-order valence-corrected chi connectivity index (χ4v) is 3.70. The molecule has 1 fully saturated rings. The standard InChI is InChI=1S/C23H27NO4/c1-2-28-22(26)23(27)13-15-24(16-14-23)21(25)17-20(18-9-5-3-6-10-18)19-11-7-4-8-12-19/h3-12,20,27H,2,13-17H2,1H3. The van der Waals surface area contributed by atoms with Gasteiger partial charge in [0.05, 0.1) is 6.61 Å². The van der Waals surface area contributed by atoms with Crippen molar-refractivity contribution in [2.24, 2.45) is 0 Å². The van der Waals surface area contributed by atoms with Crippen LogP contribution in [0.3, 0.4) is 0 Å². The Hall–Kier alpha value is -2.66. The molecule has 5 nitrogen and oxygen atoms in total. The van der Waals surface area contributed by atoms with E-state index in [9.17, 15) is 14.7 Å². The first-order valence-electron chi connectivity index (χ1n) is 9.81. The molecule has 1 amide bonds. The number of rotatable bonds is 6. The van der Waals surface area contributed by atoms with Crippen LogP contribution < -0.4 is 0 Å². The van der Waals surface area contributed by atoms with Crippen molar-refractivity contribution in [2.75, 3.05) is 19.7 Å². The average molecular weight is 381 g/mol. The van der Waals surface area contributed by atoms with Gasteiger partial charge in [0, 0.05) is 38.3 Å². The predicted molar refractivity (Wildman–Crippen MR) is 107 cm³/mol. The molecular weight excluding hydrogens is 354 g/mol. The largest absolute Gasteiger partial charge is 0.464 e. The van der Waals surface area contributed by atoms with Crippen LogP contribution in [-0.2, 0) is 14.3 Å². The number of likely N-dealkylation sites (tertiary alicyclic amines) is 1. The van der Waals surface area contributed by atoms with E-state index in [1.165, 1.54) is 0 Å². The summed E-state index contributed by atoms with van der Waals surface area (Å²) in [6.07, 6.45) is 0.768. The summed E-state index contributed by atoms with van der Waals surface area (Å²) in [5.41, 5.74) is 0.717. The third kappa shape index (κ3) is 4.60. The fourth-order valence-electron chi connectivity index (χ4n) is 3.70. The van der Waals surface area contributed by atoms with Crippen molar-refractivity contribution in [3.05, 3.63) is 71.8 Å². The summed E-state index contributed by atoms with van der Waals surface area (Å²) >= 11 is 0. The molecule has 1 N–H and O–H groups in total. The second-order valence-corrected chi connectivity index (χ2v) is 7.21. The molecule has 0 aromatic heterocycles. The van der Waals surface area contributed by atoms with Gasteiger partial charge in [0.1, 0.15) is 0 Å². The lowest BCUT2D eigenvalue weighted by atomic mass is 9.87. The minimum absolute atomic E-state index is 0.0271. The van der Waals surface area contributed by atoms with Gasteiger partial charge in [-0.2, -0.15) is 0 Å². The van der Waals surface area contributed by atoms with Crippen LogP contribution in [0, 0.1) is 0 Å². The number of aliphatic hydroxyl groups is 1. The molecule has 2 aromatic carbocycles. The summed E-state index contributed by atoms with van der Waals surface area (Å²) in [6.45, 7) is 2.65. The number of benzene rings is 2. The summed E-state index contributed by atoms with van der Waals surface area (Å²) in [6, 6.07) is 20.0. The van der Waals surface area contributed by atoms with Gasteiger partial charge in [-0.3, -0.25) is 4.79 Å². The van der Waals surface area contributed by atoms with E-state index < -0.39 is 11.6 Å². The van der Waals surface area contributed by atoms with E-state index in [0.717, 1.165) is 11.1 Å². The lowest BCUT2D eigenvalue weighted by molar-refractivity contribution is -0.171. The van der Waals surface area contributed by atoms with Crippen LogP contribution in [0.4, 0.5) is 0 Å². The van der Waals surface area contributed by atoms with E-state index in [1.54, 1.807) is 11.8 Å². The van der Waals surface area contributed by atoms with Crippen LogP contribution in [0.25, 0.3) is 0 Å². The van der Waals surface area contributed by atoms with Crippen LogP contribution in [0.1, 0.15) is 43.2 Å². The summed E-state index contributed by atoms with van der Waals surface area (Å²) in [4.78, 5) is 26.7. The Kier molecular flexibility index (Phi) is 6.47. The van der Waals surface area contributed by atoms with E-state index in [1.807, 2.05) is 60.7 Å². The lowest BCUT2D eigenvalue weighted by Crippen LogP contribution is -2.51. The van der Waals surface area contributed by atoms with Crippen LogP contribution in [0.2, 0.25) is 0 Å². The molecule has 0 atom stereocenters. The summed E-state index contributed by atoms with van der Waals surface area (Å²) in [7, 11) is 0. The summed E-state index contributed by atoms with van der Waals surface area (Å²) in [5.74, 6) is -0.585. The number of nitrogens with zero attached hydrogens (tertiary/aromatic N) is 1. The molecule has 2 aromatic rings. The first-order chi connectivity index (χ1) is 13.5. The van der Waals surface area contributed by atoms with Gasteiger partial charge < -0.3 is 14.7 Å². The van der Waals surface area contributed by atoms with E-state index in [-0.39, 0.29) is 31.3 Å². The number of hydrogen-bond acceptors (Lipinski definition) is 4. The third-order valence-corrected chi connectivity index (χ3v) is 5.38. The Labute approximate surface area is 165 Å².